The number of nitrogens with zero attached hydrogens (tertiary/aromatic N) is 2. The van der Waals surface area contributed by atoms with Crippen molar-refractivity contribution >= 4 is 5.69 Å². The van der Waals surface area contributed by atoms with E-state index in [1.54, 1.807) is 0 Å². The van der Waals surface area contributed by atoms with Gasteiger partial charge in [-0.3, -0.25) is 4.98 Å². The van der Waals surface area contributed by atoms with Gasteiger partial charge in [0, 0.05) is 31.4 Å². The molecule has 2 bridgehead atoms. The lowest BCUT2D eigenvalue weighted by atomic mass is 10.1. The van der Waals surface area contributed by atoms with Crippen LogP contribution in [0.2, 0.25) is 0 Å². The van der Waals surface area contributed by atoms with Gasteiger partial charge in [-0.1, -0.05) is 0 Å². The van der Waals surface area contributed by atoms with Crippen LogP contribution in [0, 0.1) is 0 Å². The van der Waals surface area contributed by atoms with Crippen LogP contribution in [0.15, 0.2) is 24.5 Å². The van der Waals surface area contributed by atoms with Crippen molar-refractivity contribution in [3.8, 4) is 0 Å². The normalized spacial score (nSPS) is 30.3. The maximum atomic E-state index is 4.19. The summed E-state index contributed by atoms with van der Waals surface area (Å²) in [7, 11) is 0. The summed E-state index contributed by atoms with van der Waals surface area (Å²) in [5.74, 6) is 0. The zero-order valence-corrected chi connectivity index (χ0v) is 8.89. The molecule has 0 amide bonds. The molecule has 80 valence electrons. The van der Waals surface area contributed by atoms with Crippen LogP contribution in [0.4, 0.5) is 5.69 Å². The largest absolute Gasteiger partial charge is 0.369 e. The van der Waals surface area contributed by atoms with Crippen LogP contribution in [0.1, 0.15) is 19.3 Å². The predicted molar refractivity (Wildman–Crippen MR) is 61.0 cm³/mol. The smallest absolute Gasteiger partial charge is 0.0553 e. The van der Waals surface area contributed by atoms with E-state index in [1.165, 1.54) is 31.5 Å². The number of aromatic nitrogens is 1. The summed E-state index contributed by atoms with van der Waals surface area (Å²) in [4.78, 5) is 6.65. The molecule has 0 spiro atoms. The van der Waals surface area contributed by atoms with Crippen molar-refractivity contribution in [2.45, 2.75) is 31.3 Å². The average molecular weight is 203 g/mol. The van der Waals surface area contributed by atoms with Gasteiger partial charge in [-0.25, -0.2) is 0 Å². The van der Waals surface area contributed by atoms with Crippen molar-refractivity contribution in [1.29, 1.82) is 0 Å². The quantitative estimate of drug-likeness (QED) is 0.748. The summed E-state index contributed by atoms with van der Waals surface area (Å²) in [6.07, 6.45) is 7.78. The first kappa shape index (κ1) is 9.16. The fourth-order valence-corrected chi connectivity index (χ4v) is 2.72. The molecule has 0 unspecified atom stereocenters. The Bertz CT molecular complexity index is 325. The minimum absolute atomic E-state index is 0.692. The number of rotatable bonds is 1. The summed E-state index contributed by atoms with van der Waals surface area (Å²) >= 11 is 0. The van der Waals surface area contributed by atoms with E-state index in [-0.39, 0.29) is 0 Å². The van der Waals surface area contributed by atoms with Crippen LogP contribution in [-0.4, -0.2) is 30.2 Å². The lowest BCUT2D eigenvalue weighted by Crippen LogP contribution is -2.35. The summed E-state index contributed by atoms with van der Waals surface area (Å²) in [6.45, 7) is 2.31. The van der Waals surface area contributed by atoms with E-state index in [0.29, 0.717) is 6.04 Å². The summed E-state index contributed by atoms with van der Waals surface area (Å²) in [5.41, 5.74) is 1.27. The third-order valence-corrected chi connectivity index (χ3v) is 3.53. The van der Waals surface area contributed by atoms with E-state index in [9.17, 15) is 0 Å². The number of hydrogen-bond acceptors (Lipinski definition) is 3. The summed E-state index contributed by atoms with van der Waals surface area (Å²) < 4.78 is 0. The molecule has 0 saturated carbocycles. The molecule has 1 aromatic rings. The van der Waals surface area contributed by atoms with Crippen molar-refractivity contribution in [3.05, 3.63) is 24.5 Å². The fraction of sp³-hybridized carbons (Fsp3) is 0.583. The molecular weight excluding hydrogens is 186 g/mol. The maximum Gasteiger partial charge on any atom is 0.0553 e. The average Bonchev–Trinajstić information content (AvgIpc) is 2.60. The van der Waals surface area contributed by atoms with Crippen molar-refractivity contribution < 1.29 is 0 Å². The molecular formula is C12H17N3. The van der Waals surface area contributed by atoms with E-state index in [1.807, 2.05) is 18.5 Å². The van der Waals surface area contributed by atoms with Gasteiger partial charge in [0.2, 0.25) is 0 Å². The molecule has 2 saturated heterocycles. The van der Waals surface area contributed by atoms with Gasteiger partial charge in [0.1, 0.15) is 0 Å². The lowest BCUT2D eigenvalue weighted by molar-refractivity contribution is 0.563. The molecule has 0 aromatic carbocycles. The SMILES string of the molecule is c1cncc(N2CC[C@H]3CC[C@@H](C2)N3)c1. The molecule has 1 aromatic heterocycles. The Kier molecular flexibility index (Phi) is 2.33. The van der Waals surface area contributed by atoms with Crippen LogP contribution < -0.4 is 10.2 Å². The van der Waals surface area contributed by atoms with Gasteiger partial charge in [-0.2, -0.15) is 0 Å². The zero-order valence-electron chi connectivity index (χ0n) is 8.89. The topological polar surface area (TPSA) is 28.2 Å². The molecule has 3 heterocycles. The standard InChI is InChI=1S/C12H17N3/c1-2-12(8-13-6-1)15-7-5-10-3-4-11(9-15)14-10/h1-2,6,8,10-11,14H,3-5,7,9H2/t10-,11+/m1/s1. The second-order valence-corrected chi connectivity index (χ2v) is 4.58. The Labute approximate surface area is 90.5 Å². The van der Waals surface area contributed by atoms with Gasteiger partial charge in [0.05, 0.1) is 11.9 Å². The summed E-state index contributed by atoms with van der Waals surface area (Å²) in [6, 6.07) is 5.63. The van der Waals surface area contributed by atoms with Crippen LogP contribution in [0.5, 0.6) is 0 Å². The number of fused-ring (bicyclic) bond motifs is 2. The van der Waals surface area contributed by atoms with Crippen molar-refractivity contribution in [2.24, 2.45) is 0 Å². The van der Waals surface area contributed by atoms with Gasteiger partial charge in [-0.15, -0.1) is 0 Å². The van der Waals surface area contributed by atoms with Crippen LogP contribution in [0.3, 0.4) is 0 Å². The highest BCUT2D eigenvalue weighted by atomic mass is 15.2. The van der Waals surface area contributed by atoms with E-state index in [4.69, 9.17) is 0 Å². The fourth-order valence-electron chi connectivity index (χ4n) is 2.72. The van der Waals surface area contributed by atoms with Crippen molar-refractivity contribution in [1.82, 2.24) is 10.3 Å². The van der Waals surface area contributed by atoms with Gasteiger partial charge >= 0.3 is 0 Å². The molecule has 15 heavy (non-hydrogen) atoms. The zero-order chi connectivity index (χ0) is 10.1. The Balaban J connectivity index is 1.77. The Morgan fingerprint density at radius 1 is 1.27 bits per heavy atom. The Morgan fingerprint density at radius 2 is 2.20 bits per heavy atom. The highest BCUT2D eigenvalue weighted by Gasteiger charge is 2.29. The van der Waals surface area contributed by atoms with E-state index >= 15 is 0 Å². The van der Waals surface area contributed by atoms with Crippen LogP contribution >= 0.6 is 0 Å². The number of anilines is 1. The van der Waals surface area contributed by atoms with Gasteiger partial charge in [0.15, 0.2) is 0 Å². The third kappa shape index (κ3) is 1.84. The highest BCUT2D eigenvalue weighted by molar-refractivity contribution is 5.44. The predicted octanol–water partition coefficient (Wildman–Crippen LogP) is 1.41. The lowest BCUT2D eigenvalue weighted by Gasteiger charge is -2.25. The minimum atomic E-state index is 0.692. The molecule has 0 radical (unpaired) electrons. The highest BCUT2D eigenvalue weighted by Crippen LogP contribution is 2.23. The third-order valence-electron chi connectivity index (χ3n) is 3.53. The van der Waals surface area contributed by atoms with E-state index in [2.05, 4.69) is 21.3 Å². The number of nitrogens with one attached hydrogen (secondary N) is 1. The van der Waals surface area contributed by atoms with Gasteiger partial charge < -0.3 is 10.2 Å². The Hall–Kier alpha value is -1.09. The van der Waals surface area contributed by atoms with Crippen LogP contribution in [-0.2, 0) is 0 Å². The van der Waals surface area contributed by atoms with Crippen LogP contribution in [0.25, 0.3) is 0 Å². The Morgan fingerprint density at radius 3 is 3.07 bits per heavy atom. The van der Waals surface area contributed by atoms with E-state index in [0.717, 1.165) is 12.6 Å². The first-order valence-electron chi connectivity index (χ1n) is 5.83. The molecule has 1 N–H and O–H groups in total. The second kappa shape index (κ2) is 3.81. The molecule has 2 aliphatic rings. The minimum Gasteiger partial charge on any atom is -0.369 e. The molecule has 0 aliphatic carbocycles. The number of hydrogen-bond donors (Lipinski definition) is 1. The molecule has 3 nitrogen and oxygen atoms in total. The van der Waals surface area contributed by atoms with Crippen molar-refractivity contribution in [3.63, 3.8) is 0 Å². The van der Waals surface area contributed by atoms with Crippen molar-refractivity contribution in [2.75, 3.05) is 18.0 Å². The van der Waals surface area contributed by atoms with Gasteiger partial charge in [-0.05, 0) is 31.4 Å². The monoisotopic (exact) mass is 203 g/mol. The summed E-state index contributed by atoms with van der Waals surface area (Å²) in [5, 5.41) is 3.69. The molecule has 2 atom stereocenters. The molecule has 2 aliphatic heterocycles. The maximum absolute atomic E-state index is 4.19. The van der Waals surface area contributed by atoms with Gasteiger partial charge in [0.25, 0.3) is 0 Å². The number of pyridine rings is 1. The first-order chi connectivity index (χ1) is 7.42. The van der Waals surface area contributed by atoms with E-state index < -0.39 is 0 Å². The first-order valence-corrected chi connectivity index (χ1v) is 5.83. The molecule has 3 heteroatoms. The second-order valence-electron chi connectivity index (χ2n) is 4.58. The molecule has 3 rings (SSSR count). The molecule has 2 fully saturated rings.